The van der Waals surface area contributed by atoms with E-state index < -0.39 is 23.1 Å². The molecule has 0 saturated heterocycles. The minimum Gasteiger partial charge on any atom is -0.502 e. The van der Waals surface area contributed by atoms with Gasteiger partial charge in [0.1, 0.15) is 25.1 Å². The summed E-state index contributed by atoms with van der Waals surface area (Å²) in [7, 11) is 1.57. The highest BCUT2D eigenvalue weighted by atomic mass is 16.5. The SMILES string of the molecule is COC[C@H]1/C=C\COc2ccccc2[C@@H](c2ccccc2)N2CN1C(=O)c1c(O)c(=O)ccn12. The number of hydrogen-bond acceptors (Lipinski definition) is 6. The lowest BCUT2D eigenvalue weighted by Gasteiger charge is -2.45. The first-order valence-electron chi connectivity index (χ1n) is 11.0. The lowest BCUT2D eigenvalue weighted by atomic mass is 9.97. The molecule has 1 N–H and O–H groups in total. The summed E-state index contributed by atoms with van der Waals surface area (Å²) in [4.78, 5) is 27.5. The van der Waals surface area contributed by atoms with Gasteiger partial charge in [0.2, 0.25) is 5.43 Å². The van der Waals surface area contributed by atoms with Crippen LogP contribution in [-0.2, 0) is 4.74 Å². The number of aromatic nitrogens is 1. The maximum Gasteiger partial charge on any atom is 0.278 e. The van der Waals surface area contributed by atoms with Crippen LogP contribution in [0.3, 0.4) is 0 Å². The van der Waals surface area contributed by atoms with Gasteiger partial charge in [0.25, 0.3) is 5.91 Å². The van der Waals surface area contributed by atoms with Gasteiger partial charge in [-0.05, 0) is 17.7 Å². The fourth-order valence-electron chi connectivity index (χ4n) is 4.57. The molecule has 34 heavy (non-hydrogen) atoms. The van der Waals surface area contributed by atoms with Crippen molar-refractivity contribution in [2.75, 3.05) is 32.0 Å². The fraction of sp³-hybridized carbons (Fsp3) is 0.231. The molecule has 3 aromatic rings. The smallest absolute Gasteiger partial charge is 0.278 e. The van der Waals surface area contributed by atoms with Crippen LogP contribution in [0, 0.1) is 0 Å². The van der Waals surface area contributed by atoms with Crippen LogP contribution in [0.2, 0.25) is 0 Å². The zero-order valence-electron chi connectivity index (χ0n) is 18.7. The van der Waals surface area contributed by atoms with Crippen LogP contribution < -0.4 is 15.2 Å². The van der Waals surface area contributed by atoms with E-state index in [-0.39, 0.29) is 25.0 Å². The van der Waals surface area contributed by atoms with E-state index in [1.807, 2.05) is 71.8 Å². The molecule has 174 valence electrons. The summed E-state index contributed by atoms with van der Waals surface area (Å²) in [5.74, 6) is -0.312. The van der Waals surface area contributed by atoms with Crippen LogP contribution >= 0.6 is 0 Å². The predicted octanol–water partition coefficient (Wildman–Crippen LogP) is 2.66. The molecule has 0 aliphatic carbocycles. The summed E-state index contributed by atoms with van der Waals surface area (Å²) in [6, 6.07) is 18.1. The minimum atomic E-state index is -0.607. The van der Waals surface area contributed by atoms with E-state index in [2.05, 4.69) is 0 Å². The van der Waals surface area contributed by atoms with Gasteiger partial charge in [0.15, 0.2) is 11.4 Å². The van der Waals surface area contributed by atoms with E-state index >= 15 is 0 Å². The molecule has 0 radical (unpaired) electrons. The number of ether oxygens (including phenoxy) is 2. The van der Waals surface area contributed by atoms with Crippen molar-refractivity contribution >= 4 is 5.91 Å². The number of amides is 1. The van der Waals surface area contributed by atoms with Crippen LogP contribution in [0.25, 0.3) is 0 Å². The number of benzene rings is 2. The molecule has 2 aliphatic heterocycles. The Balaban J connectivity index is 1.80. The highest BCUT2D eigenvalue weighted by molar-refractivity contribution is 5.96. The third-order valence-electron chi connectivity index (χ3n) is 6.15. The Morgan fingerprint density at radius 1 is 1.06 bits per heavy atom. The maximum absolute atomic E-state index is 13.6. The normalized spacial score (nSPS) is 20.6. The minimum absolute atomic E-state index is 0.0770. The molecule has 1 amide bonds. The van der Waals surface area contributed by atoms with Gasteiger partial charge in [-0.15, -0.1) is 0 Å². The number of methoxy groups -OCH3 is 1. The monoisotopic (exact) mass is 459 g/mol. The highest BCUT2D eigenvalue weighted by Gasteiger charge is 2.39. The number of hydrogen-bond donors (Lipinski definition) is 1. The van der Waals surface area contributed by atoms with Crippen LogP contribution in [0.1, 0.15) is 27.7 Å². The summed E-state index contributed by atoms with van der Waals surface area (Å²) < 4.78 is 13.1. The lowest BCUT2D eigenvalue weighted by Crippen LogP contribution is -2.58. The molecule has 8 heteroatoms. The number of pyridine rings is 1. The third-order valence-corrected chi connectivity index (χ3v) is 6.15. The van der Waals surface area contributed by atoms with E-state index in [0.717, 1.165) is 11.1 Å². The molecule has 2 atom stereocenters. The summed E-state index contributed by atoms with van der Waals surface area (Å²) in [6.45, 7) is 0.758. The van der Waals surface area contributed by atoms with E-state index in [0.29, 0.717) is 12.4 Å². The van der Waals surface area contributed by atoms with Crippen LogP contribution in [0.5, 0.6) is 11.5 Å². The Morgan fingerprint density at radius 3 is 2.62 bits per heavy atom. The van der Waals surface area contributed by atoms with Gasteiger partial charge >= 0.3 is 0 Å². The van der Waals surface area contributed by atoms with Crippen LogP contribution in [-0.4, -0.2) is 53.6 Å². The highest BCUT2D eigenvalue weighted by Crippen LogP contribution is 2.37. The summed E-state index contributed by atoms with van der Waals surface area (Å²) in [5.41, 5.74) is 1.18. The molecule has 0 saturated carbocycles. The van der Waals surface area contributed by atoms with Crippen molar-refractivity contribution in [3.05, 3.63) is 106 Å². The van der Waals surface area contributed by atoms with Gasteiger partial charge in [0.05, 0.1) is 12.6 Å². The van der Waals surface area contributed by atoms with Crippen molar-refractivity contribution in [3.63, 3.8) is 0 Å². The van der Waals surface area contributed by atoms with Crippen molar-refractivity contribution in [1.82, 2.24) is 9.58 Å². The van der Waals surface area contributed by atoms with Gasteiger partial charge in [0, 0.05) is 24.9 Å². The Kier molecular flexibility index (Phi) is 5.81. The molecule has 0 spiro atoms. The Labute approximate surface area is 196 Å². The molecule has 1 aromatic heterocycles. The number of aromatic hydroxyl groups is 1. The third kappa shape index (κ3) is 3.72. The van der Waals surface area contributed by atoms with Gasteiger partial charge in [-0.1, -0.05) is 54.6 Å². The van der Waals surface area contributed by atoms with Gasteiger partial charge in [-0.2, -0.15) is 0 Å². The van der Waals surface area contributed by atoms with E-state index in [9.17, 15) is 14.7 Å². The molecule has 2 aromatic carbocycles. The largest absolute Gasteiger partial charge is 0.502 e. The van der Waals surface area contributed by atoms with Gasteiger partial charge in [-0.25, -0.2) is 0 Å². The zero-order valence-corrected chi connectivity index (χ0v) is 18.7. The molecule has 2 aliphatic rings. The molecular formula is C26H25N3O5. The molecular weight excluding hydrogens is 434 g/mol. The summed E-state index contributed by atoms with van der Waals surface area (Å²) in [5, 5.41) is 12.7. The molecule has 8 nitrogen and oxygen atoms in total. The fourth-order valence-corrected chi connectivity index (χ4v) is 4.57. The topological polar surface area (TPSA) is 84.2 Å². The second-order valence-electron chi connectivity index (χ2n) is 8.19. The second-order valence-corrected chi connectivity index (χ2v) is 8.19. The Bertz CT molecular complexity index is 1290. The van der Waals surface area contributed by atoms with Crippen molar-refractivity contribution < 1.29 is 19.4 Å². The molecule has 0 fully saturated rings. The van der Waals surface area contributed by atoms with Crippen molar-refractivity contribution in [3.8, 4) is 11.5 Å². The maximum atomic E-state index is 13.6. The molecule has 5 rings (SSSR count). The van der Waals surface area contributed by atoms with Crippen LogP contribution in [0.4, 0.5) is 0 Å². The number of fused-ring (bicyclic) bond motifs is 5. The first-order valence-corrected chi connectivity index (χ1v) is 11.0. The van der Waals surface area contributed by atoms with E-state index in [1.165, 1.54) is 12.3 Å². The van der Waals surface area contributed by atoms with Gasteiger partial charge in [-0.3, -0.25) is 19.3 Å². The lowest BCUT2D eigenvalue weighted by molar-refractivity contribution is 0.0518. The number of carbonyl (C=O) groups is 1. The first-order chi connectivity index (χ1) is 16.6. The average Bonchev–Trinajstić information content (AvgIpc) is 2.88. The number of nitrogens with zero attached hydrogens (tertiary/aromatic N) is 3. The quantitative estimate of drug-likeness (QED) is 0.607. The molecule has 3 heterocycles. The summed E-state index contributed by atoms with van der Waals surface area (Å²) in [6.07, 6.45) is 5.25. The van der Waals surface area contributed by atoms with Crippen molar-refractivity contribution in [2.45, 2.75) is 12.1 Å². The number of carbonyl (C=O) groups excluding carboxylic acids is 1. The van der Waals surface area contributed by atoms with Crippen LogP contribution in [0.15, 0.2) is 83.8 Å². The number of rotatable bonds is 3. The van der Waals surface area contributed by atoms with Crippen molar-refractivity contribution in [2.24, 2.45) is 0 Å². The standard InChI is InChI=1S/C26H25N3O5/c1-33-16-19-10-7-15-34-22-12-6-5-11-20(22)23(18-8-3-2-4-9-18)29-17-27(19)26(32)24-25(31)21(30)13-14-28(24)29/h2-14,19,23,31H,15-17H2,1H3/b10-7-/t19-,23-/m1/s1. The van der Waals surface area contributed by atoms with E-state index in [1.54, 1.807) is 16.7 Å². The van der Waals surface area contributed by atoms with Crippen molar-refractivity contribution in [1.29, 1.82) is 0 Å². The Hall–Kier alpha value is -4.04. The first kappa shape index (κ1) is 21.8. The Morgan fingerprint density at radius 2 is 1.82 bits per heavy atom. The summed E-state index contributed by atoms with van der Waals surface area (Å²) >= 11 is 0. The zero-order chi connectivity index (χ0) is 23.7. The second kappa shape index (κ2) is 9.07. The van der Waals surface area contributed by atoms with E-state index in [4.69, 9.17) is 9.47 Å². The number of para-hydroxylation sites is 1. The molecule has 2 bridgehead atoms. The average molecular weight is 460 g/mol. The van der Waals surface area contributed by atoms with Gasteiger partial charge < -0.3 is 19.5 Å². The molecule has 0 unspecified atom stereocenters. The predicted molar refractivity (Wildman–Crippen MR) is 127 cm³/mol.